The zero-order chi connectivity index (χ0) is 17.7. The summed E-state index contributed by atoms with van der Waals surface area (Å²) in [6.45, 7) is 3.18. The molecule has 3 rings (SSSR count). The third-order valence-electron chi connectivity index (χ3n) is 5.23. The van der Waals surface area contributed by atoms with E-state index in [1.807, 2.05) is 35.9 Å². The Labute approximate surface area is 149 Å². The van der Waals surface area contributed by atoms with Crippen molar-refractivity contribution in [2.75, 3.05) is 11.9 Å². The molecule has 1 aromatic heterocycles. The van der Waals surface area contributed by atoms with Gasteiger partial charge in [-0.2, -0.15) is 5.10 Å². The Morgan fingerprint density at radius 1 is 1.24 bits per heavy atom. The van der Waals surface area contributed by atoms with Crippen LogP contribution in [0.15, 0.2) is 36.4 Å². The first kappa shape index (κ1) is 17.7. The van der Waals surface area contributed by atoms with Crippen molar-refractivity contribution in [3.05, 3.63) is 47.7 Å². The monoisotopic (exact) mass is 340 g/mol. The van der Waals surface area contributed by atoms with Crippen LogP contribution in [0, 0.1) is 12.3 Å². The SMILES string of the molecule is Cc1cc(NC(=O)CC2(CN)CCCCC2)n(Cc2ccccc2)n1. The van der Waals surface area contributed by atoms with E-state index < -0.39 is 0 Å². The molecule has 3 N–H and O–H groups in total. The molecule has 25 heavy (non-hydrogen) atoms. The Morgan fingerprint density at radius 2 is 1.96 bits per heavy atom. The minimum atomic E-state index is -0.0261. The number of nitrogens with zero attached hydrogens (tertiary/aromatic N) is 2. The fourth-order valence-corrected chi connectivity index (χ4v) is 3.81. The fourth-order valence-electron chi connectivity index (χ4n) is 3.81. The molecule has 0 bridgehead atoms. The largest absolute Gasteiger partial charge is 0.330 e. The molecule has 1 saturated carbocycles. The van der Waals surface area contributed by atoms with E-state index in [0.717, 1.165) is 29.9 Å². The van der Waals surface area contributed by atoms with Crippen LogP contribution in [0.5, 0.6) is 0 Å². The van der Waals surface area contributed by atoms with E-state index in [9.17, 15) is 4.79 Å². The molecular weight excluding hydrogens is 312 g/mol. The van der Waals surface area contributed by atoms with Crippen LogP contribution in [-0.4, -0.2) is 22.2 Å². The molecule has 5 nitrogen and oxygen atoms in total. The average molecular weight is 340 g/mol. The maximum absolute atomic E-state index is 12.7. The summed E-state index contributed by atoms with van der Waals surface area (Å²) >= 11 is 0. The van der Waals surface area contributed by atoms with E-state index in [4.69, 9.17) is 5.73 Å². The highest BCUT2D eigenvalue weighted by molar-refractivity contribution is 5.90. The Bertz CT molecular complexity index is 702. The maximum Gasteiger partial charge on any atom is 0.226 e. The number of rotatable bonds is 6. The Kier molecular flexibility index (Phi) is 5.53. The molecular formula is C20H28N4O. The first-order valence-corrected chi connectivity index (χ1v) is 9.19. The van der Waals surface area contributed by atoms with E-state index in [2.05, 4.69) is 22.5 Å². The van der Waals surface area contributed by atoms with Crippen LogP contribution in [0.1, 0.15) is 49.8 Å². The molecule has 5 heteroatoms. The van der Waals surface area contributed by atoms with E-state index in [1.165, 1.54) is 19.3 Å². The lowest BCUT2D eigenvalue weighted by atomic mass is 9.71. The lowest BCUT2D eigenvalue weighted by Crippen LogP contribution is -2.36. The second-order valence-corrected chi connectivity index (χ2v) is 7.30. The van der Waals surface area contributed by atoms with Crippen molar-refractivity contribution in [1.29, 1.82) is 0 Å². The summed E-state index contributed by atoms with van der Waals surface area (Å²) in [4.78, 5) is 12.7. The molecule has 0 unspecified atom stereocenters. The molecule has 2 aromatic rings. The second-order valence-electron chi connectivity index (χ2n) is 7.30. The number of nitrogens with one attached hydrogen (secondary N) is 1. The minimum absolute atomic E-state index is 0.0261. The van der Waals surface area contributed by atoms with Gasteiger partial charge in [0.15, 0.2) is 0 Å². The molecule has 1 aliphatic rings. The smallest absolute Gasteiger partial charge is 0.226 e. The van der Waals surface area contributed by atoms with E-state index in [-0.39, 0.29) is 11.3 Å². The predicted octanol–water partition coefficient (Wildman–Crippen LogP) is 3.48. The third kappa shape index (κ3) is 4.48. The van der Waals surface area contributed by atoms with Crippen molar-refractivity contribution in [1.82, 2.24) is 9.78 Å². The summed E-state index contributed by atoms with van der Waals surface area (Å²) in [6, 6.07) is 12.1. The number of carbonyl (C=O) groups excluding carboxylic acids is 1. The van der Waals surface area contributed by atoms with Crippen LogP contribution >= 0.6 is 0 Å². The highest BCUT2D eigenvalue weighted by Gasteiger charge is 2.33. The molecule has 1 heterocycles. The molecule has 1 fully saturated rings. The van der Waals surface area contributed by atoms with Gasteiger partial charge in [-0.3, -0.25) is 4.79 Å². The van der Waals surface area contributed by atoms with Crippen LogP contribution in [0.2, 0.25) is 0 Å². The molecule has 1 aromatic carbocycles. The summed E-state index contributed by atoms with van der Waals surface area (Å²) in [6.07, 6.45) is 6.22. The van der Waals surface area contributed by atoms with Crippen molar-refractivity contribution in [2.24, 2.45) is 11.1 Å². The van der Waals surface area contributed by atoms with Gasteiger partial charge in [-0.25, -0.2) is 4.68 Å². The molecule has 1 amide bonds. The Balaban J connectivity index is 1.69. The Hall–Kier alpha value is -2.14. The summed E-state index contributed by atoms with van der Waals surface area (Å²) in [5.74, 6) is 0.802. The maximum atomic E-state index is 12.7. The normalized spacial score (nSPS) is 16.6. The lowest BCUT2D eigenvalue weighted by molar-refractivity contribution is -0.118. The zero-order valence-electron chi connectivity index (χ0n) is 15.0. The van der Waals surface area contributed by atoms with Crippen molar-refractivity contribution < 1.29 is 4.79 Å². The summed E-state index contributed by atoms with van der Waals surface area (Å²) < 4.78 is 1.86. The molecule has 0 spiro atoms. The van der Waals surface area contributed by atoms with Crippen LogP contribution in [0.25, 0.3) is 0 Å². The van der Waals surface area contributed by atoms with Crippen molar-refractivity contribution in [2.45, 2.75) is 52.0 Å². The first-order valence-electron chi connectivity index (χ1n) is 9.19. The number of hydrogen-bond acceptors (Lipinski definition) is 3. The molecule has 0 saturated heterocycles. The van der Waals surface area contributed by atoms with Gasteiger partial charge in [0.25, 0.3) is 0 Å². The van der Waals surface area contributed by atoms with Crippen LogP contribution in [0.4, 0.5) is 5.82 Å². The third-order valence-corrected chi connectivity index (χ3v) is 5.23. The van der Waals surface area contributed by atoms with Gasteiger partial charge in [-0.05, 0) is 37.3 Å². The van der Waals surface area contributed by atoms with Crippen molar-refractivity contribution in [3.63, 3.8) is 0 Å². The van der Waals surface area contributed by atoms with Gasteiger partial charge >= 0.3 is 0 Å². The van der Waals surface area contributed by atoms with E-state index in [1.54, 1.807) is 0 Å². The van der Waals surface area contributed by atoms with Gasteiger partial charge < -0.3 is 11.1 Å². The topological polar surface area (TPSA) is 72.9 Å². The highest BCUT2D eigenvalue weighted by atomic mass is 16.1. The summed E-state index contributed by atoms with van der Waals surface area (Å²) in [5, 5.41) is 7.58. The zero-order valence-corrected chi connectivity index (χ0v) is 15.0. The van der Waals surface area contributed by atoms with Gasteiger partial charge in [0.1, 0.15) is 5.82 Å². The number of hydrogen-bond donors (Lipinski definition) is 2. The molecule has 134 valence electrons. The van der Waals surface area contributed by atoms with Gasteiger partial charge in [0, 0.05) is 12.5 Å². The van der Waals surface area contributed by atoms with Gasteiger partial charge in [0.05, 0.1) is 12.2 Å². The van der Waals surface area contributed by atoms with Gasteiger partial charge in [-0.15, -0.1) is 0 Å². The summed E-state index contributed by atoms with van der Waals surface area (Å²) in [5.41, 5.74) is 8.05. The number of aryl methyl sites for hydroxylation is 1. The first-order chi connectivity index (χ1) is 12.1. The van der Waals surface area contributed by atoms with Crippen molar-refractivity contribution >= 4 is 11.7 Å². The van der Waals surface area contributed by atoms with Crippen LogP contribution in [0.3, 0.4) is 0 Å². The number of amides is 1. The number of carbonyl (C=O) groups is 1. The van der Waals surface area contributed by atoms with Gasteiger partial charge in [0.2, 0.25) is 5.91 Å². The van der Waals surface area contributed by atoms with Crippen LogP contribution in [-0.2, 0) is 11.3 Å². The number of aromatic nitrogens is 2. The Morgan fingerprint density at radius 3 is 2.64 bits per heavy atom. The molecule has 0 aliphatic heterocycles. The molecule has 1 aliphatic carbocycles. The molecule has 0 radical (unpaired) electrons. The quantitative estimate of drug-likeness (QED) is 0.845. The van der Waals surface area contributed by atoms with E-state index >= 15 is 0 Å². The summed E-state index contributed by atoms with van der Waals surface area (Å²) in [7, 11) is 0. The number of nitrogens with two attached hydrogens (primary N) is 1. The lowest BCUT2D eigenvalue weighted by Gasteiger charge is -2.35. The van der Waals surface area contributed by atoms with Gasteiger partial charge in [-0.1, -0.05) is 49.6 Å². The minimum Gasteiger partial charge on any atom is -0.330 e. The fraction of sp³-hybridized carbons (Fsp3) is 0.500. The van der Waals surface area contributed by atoms with E-state index in [0.29, 0.717) is 19.5 Å². The number of anilines is 1. The number of benzene rings is 1. The molecule has 0 atom stereocenters. The van der Waals surface area contributed by atoms with Crippen molar-refractivity contribution in [3.8, 4) is 0 Å². The van der Waals surface area contributed by atoms with Crippen LogP contribution < -0.4 is 11.1 Å². The second kappa shape index (κ2) is 7.83. The standard InChI is InChI=1S/C20H28N4O/c1-16-12-18(24(23-16)14-17-8-4-2-5-9-17)22-19(25)13-20(15-21)10-6-3-7-11-20/h2,4-5,8-9,12H,3,6-7,10-11,13-15,21H2,1H3,(H,22,25). The highest BCUT2D eigenvalue weighted by Crippen LogP contribution is 2.38. The average Bonchev–Trinajstić information content (AvgIpc) is 2.95. The predicted molar refractivity (Wildman–Crippen MR) is 100 cm³/mol.